The van der Waals surface area contributed by atoms with Crippen LogP contribution in [0, 0.1) is 11.8 Å². The Labute approximate surface area is 96.5 Å². The van der Waals surface area contributed by atoms with E-state index in [4.69, 9.17) is 16.3 Å². The molecule has 0 aromatic carbocycles. The minimum absolute atomic E-state index is 0.00512. The van der Waals surface area contributed by atoms with Crippen molar-refractivity contribution in [3.8, 4) is 0 Å². The van der Waals surface area contributed by atoms with Crippen molar-refractivity contribution >= 4 is 17.5 Å². The van der Waals surface area contributed by atoms with Crippen LogP contribution in [0.3, 0.4) is 0 Å². The molecule has 0 aromatic heterocycles. The number of carbonyl (C=O) groups is 1. The Morgan fingerprint density at radius 2 is 2.27 bits per heavy atom. The van der Waals surface area contributed by atoms with Gasteiger partial charge in [-0.2, -0.15) is 0 Å². The van der Waals surface area contributed by atoms with Crippen molar-refractivity contribution in [3.05, 3.63) is 0 Å². The molecule has 1 fully saturated rings. The third kappa shape index (κ3) is 3.35. The molecule has 3 nitrogen and oxygen atoms in total. The first-order valence-electron chi connectivity index (χ1n) is 5.54. The van der Waals surface area contributed by atoms with Crippen molar-refractivity contribution in [2.45, 2.75) is 39.3 Å². The number of halogens is 1. The second-order valence-electron chi connectivity index (χ2n) is 4.48. The second kappa shape index (κ2) is 5.71. The normalized spacial score (nSPS) is 28.1. The highest BCUT2D eigenvalue weighted by molar-refractivity contribution is 6.18. The summed E-state index contributed by atoms with van der Waals surface area (Å²) in [6, 6.07) is 0.0620. The first-order valence-corrected chi connectivity index (χ1v) is 6.07. The Morgan fingerprint density at radius 3 is 2.67 bits per heavy atom. The first-order chi connectivity index (χ1) is 7.06. The second-order valence-corrected chi connectivity index (χ2v) is 4.79. The Bertz CT molecular complexity index is 221. The van der Waals surface area contributed by atoms with Gasteiger partial charge < -0.3 is 10.1 Å². The van der Waals surface area contributed by atoms with Gasteiger partial charge in [0.2, 0.25) is 5.91 Å². The lowest BCUT2D eigenvalue weighted by atomic mass is 9.99. The maximum absolute atomic E-state index is 11.9. The molecule has 0 radical (unpaired) electrons. The van der Waals surface area contributed by atoms with Crippen LogP contribution in [0.5, 0.6) is 0 Å². The summed E-state index contributed by atoms with van der Waals surface area (Å²) in [5, 5.41) is 2.99. The molecule has 1 saturated heterocycles. The molecule has 0 saturated carbocycles. The van der Waals surface area contributed by atoms with E-state index >= 15 is 0 Å². The van der Waals surface area contributed by atoms with E-state index in [1.54, 1.807) is 0 Å². The van der Waals surface area contributed by atoms with Crippen molar-refractivity contribution < 1.29 is 9.53 Å². The predicted molar refractivity (Wildman–Crippen MR) is 61.0 cm³/mol. The average Bonchev–Trinajstić information content (AvgIpc) is 2.60. The lowest BCUT2D eigenvalue weighted by Gasteiger charge is -2.22. The number of carbonyl (C=O) groups excluding carboxylic acids is 1. The lowest BCUT2D eigenvalue weighted by Crippen LogP contribution is -2.44. The topological polar surface area (TPSA) is 38.3 Å². The molecule has 88 valence electrons. The van der Waals surface area contributed by atoms with E-state index < -0.39 is 0 Å². The van der Waals surface area contributed by atoms with Crippen LogP contribution in [0.2, 0.25) is 0 Å². The number of hydrogen-bond donors (Lipinski definition) is 1. The minimum atomic E-state index is -0.00512. The molecular formula is C11H20ClNO2. The Morgan fingerprint density at radius 1 is 1.60 bits per heavy atom. The molecular weight excluding hydrogens is 214 g/mol. The standard InChI is InChI=1S/C11H20ClNO2/c1-7(2)10(6-12)13-11(14)9-4-5-15-8(9)3/h7-10H,4-6H2,1-3H3,(H,13,14). The van der Waals surface area contributed by atoms with Crippen LogP contribution in [0.4, 0.5) is 0 Å². The van der Waals surface area contributed by atoms with Gasteiger partial charge in [0.25, 0.3) is 0 Å². The van der Waals surface area contributed by atoms with Gasteiger partial charge in [0.1, 0.15) is 0 Å². The highest BCUT2D eigenvalue weighted by Crippen LogP contribution is 2.21. The van der Waals surface area contributed by atoms with Gasteiger partial charge in [-0.25, -0.2) is 0 Å². The van der Waals surface area contributed by atoms with Crippen LogP contribution >= 0.6 is 11.6 Å². The largest absolute Gasteiger partial charge is 0.378 e. The summed E-state index contributed by atoms with van der Waals surface area (Å²) in [7, 11) is 0. The van der Waals surface area contributed by atoms with Crippen LogP contribution in [0.25, 0.3) is 0 Å². The predicted octanol–water partition coefficient (Wildman–Crippen LogP) is 1.79. The maximum atomic E-state index is 11.9. The fraction of sp³-hybridized carbons (Fsp3) is 0.909. The number of amides is 1. The molecule has 0 bridgehead atoms. The third-order valence-corrected chi connectivity index (χ3v) is 3.34. The molecule has 3 unspecified atom stereocenters. The zero-order valence-electron chi connectivity index (χ0n) is 9.63. The van der Waals surface area contributed by atoms with Crippen molar-refractivity contribution in [2.24, 2.45) is 11.8 Å². The van der Waals surface area contributed by atoms with Crippen LogP contribution in [-0.4, -0.2) is 30.5 Å². The lowest BCUT2D eigenvalue weighted by molar-refractivity contribution is -0.127. The monoisotopic (exact) mass is 233 g/mol. The van der Waals surface area contributed by atoms with Crippen molar-refractivity contribution in [1.82, 2.24) is 5.32 Å². The van der Waals surface area contributed by atoms with Gasteiger partial charge in [-0.05, 0) is 19.3 Å². The van der Waals surface area contributed by atoms with E-state index in [-0.39, 0.29) is 24.0 Å². The summed E-state index contributed by atoms with van der Waals surface area (Å²) in [5.41, 5.74) is 0. The fourth-order valence-corrected chi connectivity index (χ4v) is 2.18. The number of rotatable bonds is 4. The van der Waals surface area contributed by atoms with Crippen LogP contribution in [-0.2, 0) is 9.53 Å². The van der Waals surface area contributed by atoms with Gasteiger partial charge in [-0.1, -0.05) is 13.8 Å². The van der Waals surface area contributed by atoms with Crippen molar-refractivity contribution in [3.63, 3.8) is 0 Å². The third-order valence-electron chi connectivity index (χ3n) is 3.01. The van der Waals surface area contributed by atoms with Crippen LogP contribution in [0.1, 0.15) is 27.2 Å². The summed E-state index contributed by atoms with van der Waals surface area (Å²) in [5.74, 6) is 0.906. The van der Waals surface area contributed by atoms with E-state index in [1.165, 1.54) is 0 Å². The van der Waals surface area contributed by atoms with Crippen molar-refractivity contribution in [1.29, 1.82) is 0 Å². The summed E-state index contributed by atoms with van der Waals surface area (Å²) in [4.78, 5) is 11.9. The molecule has 1 N–H and O–H groups in total. The Hall–Kier alpha value is -0.280. The molecule has 1 amide bonds. The van der Waals surface area contributed by atoms with Gasteiger partial charge in [0.05, 0.1) is 12.0 Å². The fourth-order valence-electron chi connectivity index (χ4n) is 1.75. The number of nitrogens with one attached hydrogen (secondary N) is 1. The summed E-state index contributed by atoms with van der Waals surface area (Å²) in [6.45, 7) is 6.75. The Balaban J connectivity index is 2.46. The van der Waals surface area contributed by atoms with E-state index in [0.29, 0.717) is 18.4 Å². The highest BCUT2D eigenvalue weighted by Gasteiger charge is 2.31. The first kappa shape index (κ1) is 12.8. The van der Waals surface area contributed by atoms with Crippen molar-refractivity contribution in [2.75, 3.05) is 12.5 Å². The molecule has 1 aliphatic rings. The number of alkyl halides is 1. The van der Waals surface area contributed by atoms with Gasteiger partial charge in [-0.15, -0.1) is 11.6 Å². The molecule has 1 aliphatic heterocycles. The van der Waals surface area contributed by atoms with E-state index in [9.17, 15) is 4.79 Å². The average molecular weight is 234 g/mol. The highest BCUT2D eigenvalue weighted by atomic mass is 35.5. The molecule has 15 heavy (non-hydrogen) atoms. The van der Waals surface area contributed by atoms with Gasteiger partial charge in [0, 0.05) is 18.5 Å². The van der Waals surface area contributed by atoms with Crippen LogP contribution in [0.15, 0.2) is 0 Å². The molecule has 0 spiro atoms. The Kier molecular flexibility index (Phi) is 4.87. The molecule has 3 atom stereocenters. The smallest absolute Gasteiger partial charge is 0.226 e. The van der Waals surface area contributed by atoms with Gasteiger partial charge in [0.15, 0.2) is 0 Å². The number of hydrogen-bond acceptors (Lipinski definition) is 2. The summed E-state index contributed by atoms with van der Waals surface area (Å²) >= 11 is 5.80. The zero-order chi connectivity index (χ0) is 11.4. The molecule has 4 heteroatoms. The SMILES string of the molecule is CC(C)C(CCl)NC(=O)C1CCOC1C. The summed E-state index contributed by atoms with van der Waals surface area (Å²) in [6.07, 6.45) is 0.855. The summed E-state index contributed by atoms with van der Waals surface area (Å²) < 4.78 is 5.37. The quantitative estimate of drug-likeness (QED) is 0.752. The number of ether oxygens (including phenoxy) is 1. The molecule has 1 rings (SSSR count). The van der Waals surface area contributed by atoms with Gasteiger partial charge in [-0.3, -0.25) is 4.79 Å². The minimum Gasteiger partial charge on any atom is -0.378 e. The van der Waals surface area contributed by atoms with E-state index in [0.717, 1.165) is 6.42 Å². The molecule has 1 heterocycles. The maximum Gasteiger partial charge on any atom is 0.226 e. The van der Waals surface area contributed by atoms with E-state index in [1.807, 2.05) is 6.92 Å². The van der Waals surface area contributed by atoms with Gasteiger partial charge >= 0.3 is 0 Å². The van der Waals surface area contributed by atoms with Crippen LogP contribution < -0.4 is 5.32 Å². The zero-order valence-corrected chi connectivity index (χ0v) is 10.4. The molecule has 0 aromatic rings. The molecule has 0 aliphatic carbocycles. The van der Waals surface area contributed by atoms with E-state index in [2.05, 4.69) is 19.2 Å².